The monoisotopic (exact) mass is 606 g/mol. The molecular weight excluding hydrogens is 560 g/mol. The first-order valence-electron chi connectivity index (χ1n) is 14.7. The van der Waals surface area contributed by atoms with Gasteiger partial charge in [-0.05, 0) is 48.2 Å². The molecule has 1 aromatic carbocycles. The van der Waals surface area contributed by atoms with E-state index in [1.54, 1.807) is 13.0 Å². The van der Waals surface area contributed by atoms with Crippen LogP contribution in [0.1, 0.15) is 91.5 Å². The number of imide groups is 1. The van der Waals surface area contributed by atoms with E-state index in [1.807, 2.05) is 44.2 Å². The molecule has 4 rings (SSSR count). The first-order valence-corrected chi connectivity index (χ1v) is 16.3. The number of urea groups is 1. The lowest BCUT2D eigenvalue weighted by Crippen LogP contribution is -2.43. The van der Waals surface area contributed by atoms with Crippen LogP contribution >= 0.6 is 0 Å². The number of hydrogen-bond acceptors (Lipinski definition) is 6. The van der Waals surface area contributed by atoms with Gasteiger partial charge in [0.15, 0.2) is 0 Å². The van der Waals surface area contributed by atoms with Crippen molar-refractivity contribution in [2.24, 2.45) is 28.6 Å². The first-order chi connectivity index (χ1) is 19.6. The number of amides is 3. The summed E-state index contributed by atoms with van der Waals surface area (Å²) in [4.78, 5) is 44.4. The van der Waals surface area contributed by atoms with Crippen molar-refractivity contribution in [2.45, 2.75) is 86.0 Å². The molecular formula is C31H46N2O8S. The highest BCUT2D eigenvalue weighted by Gasteiger charge is 2.69. The van der Waals surface area contributed by atoms with Gasteiger partial charge in [-0.3, -0.25) is 24.3 Å². The number of Topliss-reactive ketones (excluding diaryl/α,β-unsaturated/α-hetero) is 1. The Balaban J connectivity index is 0.000000273. The van der Waals surface area contributed by atoms with E-state index < -0.39 is 33.3 Å². The number of benzene rings is 1. The number of carbonyl (C=O) groups excluding carboxylic acids is 3. The molecule has 4 N–H and O–H groups in total. The van der Waals surface area contributed by atoms with Gasteiger partial charge in [-0.1, -0.05) is 90.6 Å². The summed E-state index contributed by atoms with van der Waals surface area (Å²) in [5, 5.41) is 12.3. The van der Waals surface area contributed by atoms with Gasteiger partial charge in [0.1, 0.15) is 11.5 Å². The molecule has 4 unspecified atom stereocenters. The molecule has 1 aliphatic heterocycles. The van der Waals surface area contributed by atoms with Crippen LogP contribution < -0.4 is 10.6 Å². The fourth-order valence-corrected chi connectivity index (χ4v) is 7.85. The van der Waals surface area contributed by atoms with Crippen molar-refractivity contribution in [3.8, 4) is 0 Å². The summed E-state index contributed by atoms with van der Waals surface area (Å²) < 4.78 is 32.5. The number of unbranched alkanes of at least 4 members (excludes halogenated alkanes) is 1. The number of carboxylic acids is 1. The van der Waals surface area contributed by atoms with Crippen LogP contribution in [0, 0.1) is 28.6 Å². The van der Waals surface area contributed by atoms with Crippen LogP contribution in [0.2, 0.25) is 0 Å². The van der Waals surface area contributed by atoms with Crippen LogP contribution in [0.5, 0.6) is 0 Å². The number of rotatable bonds is 10. The normalized spacial score (nSPS) is 25.6. The molecule has 3 amide bonds. The van der Waals surface area contributed by atoms with Gasteiger partial charge >= 0.3 is 12.0 Å². The summed E-state index contributed by atoms with van der Waals surface area (Å²) >= 11 is 0. The summed E-state index contributed by atoms with van der Waals surface area (Å²) in [6, 6.07) is 8.84. The van der Waals surface area contributed by atoms with E-state index >= 15 is 0 Å². The quantitative estimate of drug-likeness (QED) is 0.155. The third-order valence-corrected chi connectivity index (χ3v) is 9.89. The Morgan fingerprint density at radius 3 is 2.19 bits per heavy atom. The zero-order valence-corrected chi connectivity index (χ0v) is 26.1. The van der Waals surface area contributed by atoms with Gasteiger partial charge in [0.25, 0.3) is 16.0 Å². The summed E-state index contributed by atoms with van der Waals surface area (Å²) in [5.41, 5.74) is -0.0620. The first kappa shape index (κ1) is 35.1. The SMILES string of the molecule is CCC(=O)O.CCCCC(CC)CC1C(=O)C2(CS(=O)(=O)O)CCC1C2(C)C.O=C1NC(=O)C(=Cc2ccccc2)N1. The van der Waals surface area contributed by atoms with E-state index in [9.17, 15) is 32.1 Å². The smallest absolute Gasteiger partial charge is 0.326 e. The molecule has 0 aromatic heterocycles. The molecule has 10 nitrogen and oxygen atoms in total. The lowest BCUT2D eigenvalue weighted by atomic mass is 9.70. The van der Waals surface area contributed by atoms with E-state index in [2.05, 4.69) is 24.5 Å². The molecule has 3 fully saturated rings. The molecule has 0 radical (unpaired) electrons. The summed E-state index contributed by atoms with van der Waals surface area (Å²) in [6.45, 7) is 10.0. The number of aliphatic carboxylic acids is 1. The third kappa shape index (κ3) is 8.73. The van der Waals surface area contributed by atoms with Crippen LogP contribution in [0.15, 0.2) is 36.0 Å². The van der Waals surface area contributed by atoms with Crippen LogP contribution in [-0.2, 0) is 24.5 Å². The second-order valence-electron chi connectivity index (χ2n) is 11.9. The molecule has 0 spiro atoms. The molecule has 2 aliphatic carbocycles. The third-order valence-electron chi connectivity index (χ3n) is 9.03. The second kappa shape index (κ2) is 14.9. The number of carbonyl (C=O) groups is 4. The average molecular weight is 607 g/mol. The van der Waals surface area contributed by atoms with Crippen molar-refractivity contribution in [2.75, 3.05) is 5.75 Å². The Labute approximate surface area is 249 Å². The maximum Gasteiger partial charge on any atom is 0.326 e. The molecule has 4 atom stereocenters. The highest BCUT2D eigenvalue weighted by atomic mass is 32.2. The molecule has 1 heterocycles. The molecule has 42 heavy (non-hydrogen) atoms. The lowest BCUT2D eigenvalue weighted by molar-refractivity contribution is -0.136. The van der Waals surface area contributed by atoms with Crippen LogP contribution in [-0.4, -0.2) is 47.5 Å². The predicted molar refractivity (Wildman–Crippen MR) is 161 cm³/mol. The van der Waals surface area contributed by atoms with Crippen LogP contribution in [0.4, 0.5) is 4.79 Å². The van der Waals surface area contributed by atoms with Gasteiger partial charge in [0, 0.05) is 12.3 Å². The Morgan fingerprint density at radius 2 is 1.71 bits per heavy atom. The van der Waals surface area contributed by atoms with Gasteiger partial charge < -0.3 is 10.4 Å². The van der Waals surface area contributed by atoms with Gasteiger partial charge in [-0.2, -0.15) is 8.42 Å². The summed E-state index contributed by atoms with van der Waals surface area (Å²) in [6.07, 6.45) is 8.81. The number of carboxylic acid groups (broad SMARTS) is 1. The maximum absolute atomic E-state index is 13.1. The van der Waals surface area contributed by atoms with E-state index in [0.717, 1.165) is 37.7 Å². The van der Waals surface area contributed by atoms with Crippen molar-refractivity contribution < 1.29 is 37.3 Å². The largest absolute Gasteiger partial charge is 0.481 e. The number of fused-ring (bicyclic) bond motifs is 2. The maximum atomic E-state index is 13.1. The highest BCUT2D eigenvalue weighted by molar-refractivity contribution is 7.85. The number of nitrogens with one attached hydrogen (secondary N) is 2. The number of hydrogen-bond donors (Lipinski definition) is 4. The molecule has 234 valence electrons. The summed E-state index contributed by atoms with van der Waals surface area (Å²) in [7, 11) is -4.15. The fourth-order valence-electron chi connectivity index (χ4n) is 6.57. The van der Waals surface area contributed by atoms with Gasteiger partial charge in [0.2, 0.25) is 0 Å². The van der Waals surface area contributed by atoms with E-state index in [-0.39, 0.29) is 41.1 Å². The van der Waals surface area contributed by atoms with Crippen molar-refractivity contribution in [1.82, 2.24) is 10.6 Å². The van der Waals surface area contributed by atoms with Gasteiger partial charge in [-0.25, -0.2) is 4.79 Å². The molecule has 1 saturated heterocycles. The number of ketones is 1. The van der Waals surface area contributed by atoms with Gasteiger partial charge in [-0.15, -0.1) is 0 Å². The molecule has 2 bridgehead atoms. The van der Waals surface area contributed by atoms with Crippen LogP contribution in [0.3, 0.4) is 0 Å². The van der Waals surface area contributed by atoms with Gasteiger partial charge in [0.05, 0.1) is 11.2 Å². The Kier molecular flexibility index (Phi) is 12.5. The van der Waals surface area contributed by atoms with Crippen molar-refractivity contribution in [3.05, 3.63) is 41.6 Å². The Hall–Kier alpha value is -3.05. The zero-order valence-electron chi connectivity index (χ0n) is 25.3. The highest BCUT2D eigenvalue weighted by Crippen LogP contribution is 2.67. The van der Waals surface area contributed by atoms with E-state index in [1.165, 1.54) is 6.42 Å². The van der Waals surface area contributed by atoms with Crippen LogP contribution in [0.25, 0.3) is 6.08 Å². The van der Waals surface area contributed by atoms with E-state index in [4.69, 9.17) is 5.11 Å². The fraction of sp³-hybridized carbons (Fsp3) is 0.613. The standard InChI is InChI=1S/C18H32O4S.C10H8N2O2.C3H6O2/c1-5-7-8-13(6-2)11-14-15-9-10-18(16(14)19,17(15,3)4)12-23(20,21)22;13-9-8(11-10(14)12-9)6-7-4-2-1-3-5-7;1-2-3(4)5/h13-15H,5-12H2,1-4H3,(H,20,21,22);1-6H,(H2,11,12,13,14);2H2,1H3,(H,4,5). The average Bonchev–Trinajstić information content (AvgIpc) is 3.42. The van der Waals surface area contributed by atoms with Crippen molar-refractivity contribution in [1.29, 1.82) is 0 Å². The minimum Gasteiger partial charge on any atom is -0.481 e. The second-order valence-corrected chi connectivity index (χ2v) is 13.4. The molecule has 3 aliphatic rings. The minimum atomic E-state index is -4.15. The van der Waals surface area contributed by atoms with E-state index in [0.29, 0.717) is 12.3 Å². The van der Waals surface area contributed by atoms with Crippen molar-refractivity contribution >= 4 is 39.9 Å². The minimum absolute atomic E-state index is 0.0256. The summed E-state index contributed by atoms with van der Waals surface area (Å²) in [5.74, 6) is -0.656. The molecule has 11 heteroatoms. The Bertz CT molecular complexity index is 1260. The topological polar surface area (TPSA) is 167 Å². The predicted octanol–water partition coefficient (Wildman–Crippen LogP) is 5.45. The molecule has 1 aromatic rings. The zero-order chi connectivity index (χ0) is 31.7. The Morgan fingerprint density at radius 1 is 1.10 bits per heavy atom. The lowest BCUT2D eigenvalue weighted by Gasteiger charge is -2.35. The van der Waals surface area contributed by atoms with Crippen molar-refractivity contribution in [3.63, 3.8) is 0 Å². The molecule has 2 saturated carbocycles.